The highest BCUT2D eigenvalue weighted by atomic mass is 16.3. The van der Waals surface area contributed by atoms with Crippen LogP contribution < -0.4 is 5.32 Å². The lowest BCUT2D eigenvalue weighted by Crippen LogP contribution is -2.29. The molecule has 0 spiro atoms. The van der Waals surface area contributed by atoms with Crippen LogP contribution in [-0.2, 0) is 0 Å². The van der Waals surface area contributed by atoms with E-state index in [9.17, 15) is 5.11 Å². The second-order valence-electron chi connectivity index (χ2n) is 4.86. The van der Waals surface area contributed by atoms with Crippen molar-refractivity contribution in [2.24, 2.45) is 5.92 Å². The molecule has 17 heavy (non-hydrogen) atoms. The third-order valence-corrected chi connectivity index (χ3v) is 3.47. The Balaban J connectivity index is 1.97. The normalized spacial score (nSPS) is 24.6. The van der Waals surface area contributed by atoms with Crippen LogP contribution in [-0.4, -0.2) is 32.9 Å². The van der Waals surface area contributed by atoms with E-state index < -0.39 is 0 Å². The molecule has 2 rings (SSSR count). The summed E-state index contributed by atoms with van der Waals surface area (Å²) in [4.78, 5) is 4.37. The van der Waals surface area contributed by atoms with Gasteiger partial charge in [-0.2, -0.15) is 5.10 Å². The van der Waals surface area contributed by atoms with E-state index >= 15 is 0 Å². The minimum absolute atomic E-state index is 0.282. The molecule has 1 aromatic rings. The third kappa shape index (κ3) is 3.12. The SMILES string of the molecule is Cc1nnc(NC2CCCC(CO)C2)nc1C. The maximum absolute atomic E-state index is 9.18. The fourth-order valence-corrected chi connectivity index (χ4v) is 2.29. The highest BCUT2D eigenvalue weighted by molar-refractivity contribution is 5.26. The van der Waals surface area contributed by atoms with Gasteiger partial charge in [0, 0.05) is 12.6 Å². The molecule has 1 fully saturated rings. The molecule has 1 heterocycles. The van der Waals surface area contributed by atoms with Crippen LogP contribution in [0.4, 0.5) is 5.95 Å². The van der Waals surface area contributed by atoms with Crippen molar-refractivity contribution < 1.29 is 5.11 Å². The molecule has 0 aromatic carbocycles. The van der Waals surface area contributed by atoms with E-state index in [2.05, 4.69) is 20.5 Å². The Morgan fingerprint density at radius 3 is 2.76 bits per heavy atom. The first-order chi connectivity index (χ1) is 8.19. The van der Waals surface area contributed by atoms with Crippen LogP contribution >= 0.6 is 0 Å². The summed E-state index contributed by atoms with van der Waals surface area (Å²) in [5, 5.41) is 20.6. The lowest BCUT2D eigenvalue weighted by molar-refractivity contribution is 0.184. The van der Waals surface area contributed by atoms with Crippen molar-refractivity contribution in [3.8, 4) is 0 Å². The summed E-state index contributed by atoms with van der Waals surface area (Å²) in [7, 11) is 0. The second kappa shape index (κ2) is 5.40. The Hall–Kier alpha value is -1.23. The molecule has 5 heteroatoms. The number of aryl methyl sites for hydroxylation is 2. The molecule has 0 amide bonds. The topological polar surface area (TPSA) is 70.9 Å². The summed E-state index contributed by atoms with van der Waals surface area (Å²) in [6.07, 6.45) is 4.39. The molecular weight excluding hydrogens is 216 g/mol. The first kappa shape index (κ1) is 12.2. The van der Waals surface area contributed by atoms with Gasteiger partial charge in [0.15, 0.2) is 0 Å². The van der Waals surface area contributed by atoms with E-state index in [0.717, 1.165) is 37.1 Å². The highest BCUT2D eigenvalue weighted by Crippen LogP contribution is 2.25. The van der Waals surface area contributed by atoms with Crippen LogP contribution in [0.1, 0.15) is 37.1 Å². The number of anilines is 1. The zero-order valence-corrected chi connectivity index (χ0v) is 10.5. The van der Waals surface area contributed by atoms with E-state index in [0.29, 0.717) is 17.9 Å². The van der Waals surface area contributed by atoms with Gasteiger partial charge in [-0.15, -0.1) is 5.10 Å². The van der Waals surface area contributed by atoms with Crippen LogP contribution in [0, 0.1) is 19.8 Å². The van der Waals surface area contributed by atoms with Crippen LogP contribution in [0.3, 0.4) is 0 Å². The predicted molar refractivity (Wildman–Crippen MR) is 65.8 cm³/mol. The maximum Gasteiger partial charge on any atom is 0.243 e. The average Bonchev–Trinajstić information content (AvgIpc) is 2.34. The smallest absolute Gasteiger partial charge is 0.243 e. The molecule has 1 aromatic heterocycles. The van der Waals surface area contributed by atoms with Gasteiger partial charge in [-0.25, -0.2) is 4.98 Å². The van der Waals surface area contributed by atoms with Gasteiger partial charge in [-0.05, 0) is 39.0 Å². The van der Waals surface area contributed by atoms with Crippen molar-refractivity contribution in [3.63, 3.8) is 0 Å². The molecule has 2 atom stereocenters. The Bertz CT molecular complexity index is 383. The van der Waals surface area contributed by atoms with E-state index in [-0.39, 0.29) is 6.61 Å². The summed E-state index contributed by atoms with van der Waals surface area (Å²) in [5.41, 5.74) is 1.78. The fourth-order valence-electron chi connectivity index (χ4n) is 2.29. The molecule has 0 radical (unpaired) electrons. The molecule has 2 unspecified atom stereocenters. The molecule has 0 aliphatic heterocycles. The maximum atomic E-state index is 9.18. The largest absolute Gasteiger partial charge is 0.396 e. The lowest BCUT2D eigenvalue weighted by atomic mass is 9.86. The third-order valence-electron chi connectivity index (χ3n) is 3.47. The van der Waals surface area contributed by atoms with Gasteiger partial charge in [0.1, 0.15) is 0 Å². The fraction of sp³-hybridized carbons (Fsp3) is 0.750. The van der Waals surface area contributed by atoms with Crippen molar-refractivity contribution in [2.75, 3.05) is 11.9 Å². The van der Waals surface area contributed by atoms with Gasteiger partial charge in [0.2, 0.25) is 5.95 Å². The zero-order chi connectivity index (χ0) is 12.3. The molecule has 0 saturated heterocycles. The second-order valence-corrected chi connectivity index (χ2v) is 4.86. The summed E-state index contributed by atoms with van der Waals surface area (Å²) in [6.45, 7) is 4.12. The Morgan fingerprint density at radius 2 is 2.06 bits per heavy atom. The minimum Gasteiger partial charge on any atom is -0.396 e. The molecule has 1 aliphatic carbocycles. The van der Waals surface area contributed by atoms with Crippen molar-refractivity contribution in [3.05, 3.63) is 11.4 Å². The van der Waals surface area contributed by atoms with Crippen LogP contribution in [0.2, 0.25) is 0 Å². The first-order valence-electron chi connectivity index (χ1n) is 6.24. The Kier molecular flexibility index (Phi) is 3.89. The van der Waals surface area contributed by atoms with Crippen molar-refractivity contribution in [1.82, 2.24) is 15.2 Å². The number of nitrogens with one attached hydrogen (secondary N) is 1. The number of aromatic nitrogens is 3. The van der Waals surface area contributed by atoms with E-state index in [1.165, 1.54) is 0 Å². The number of hydrogen-bond donors (Lipinski definition) is 2. The van der Waals surface area contributed by atoms with Crippen molar-refractivity contribution in [1.29, 1.82) is 0 Å². The number of aliphatic hydroxyl groups is 1. The van der Waals surface area contributed by atoms with Gasteiger partial charge < -0.3 is 10.4 Å². The standard InChI is InChI=1S/C12H20N4O/c1-8-9(2)15-16-12(13-8)14-11-5-3-4-10(6-11)7-17/h10-11,17H,3-7H2,1-2H3,(H,13,14,16). The molecule has 94 valence electrons. The van der Waals surface area contributed by atoms with E-state index in [4.69, 9.17) is 0 Å². The monoisotopic (exact) mass is 236 g/mol. The number of nitrogens with zero attached hydrogens (tertiary/aromatic N) is 3. The average molecular weight is 236 g/mol. The Labute approximate surface area is 102 Å². The molecule has 1 saturated carbocycles. The van der Waals surface area contributed by atoms with Crippen molar-refractivity contribution in [2.45, 2.75) is 45.6 Å². The van der Waals surface area contributed by atoms with Crippen LogP contribution in [0.25, 0.3) is 0 Å². The molecular formula is C12H20N4O. The predicted octanol–water partition coefficient (Wildman–Crippen LogP) is 1.45. The molecule has 1 aliphatic rings. The number of hydrogen-bond acceptors (Lipinski definition) is 5. The summed E-state index contributed by atoms with van der Waals surface area (Å²) >= 11 is 0. The summed E-state index contributed by atoms with van der Waals surface area (Å²) in [6, 6.07) is 0.366. The van der Waals surface area contributed by atoms with Gasteiger partial charge in [0.25, 0.3) is 0 Å². The molecule has 2 N–H and O–H groups in total. The quantitative estimate of drug-likeness (QED) is 0.831. The van der Waals surface area contributed by atoms with Gasteiger partial charge in [0.05, 0.1) is 11.4 Å². The van der Waals surface area contributed by atoms with Gasteiger partial charge in [-0.1, -0.05) is 6.42 Å². The Morgan fingerprint density at radius 1 is 1.24 bits per heavy atom. The lowest BCUT2D eigenvalue weighted by Gasteiger charge is -2.28. The number of rotatable bonds is 3. The van der Waals surface area contributed by atoms with E-state index in [1.54, 1.807) is 0 Å². The minimum atomic E-state index is 0.282. The zero-order valence-electron chi connectivity index (χ0n) is 10.5. The van der Waals surface area contributed by atoms with Crippen LogP contribution in [0.15, 0.2) is 0 Å². The van der Waals surface area contributed by atoms with Gasteiger partial charge >= 0.3 is 0 Å². The summed E-state index contributed by atoms with van der Waals surface area (Å²) in [5.74, 6) is 1.03. The molecule has 0 bridgehead atoms. The van der Waals surface area contributed by atoms with Crippen molar-refractivity contribution >= 4 is 5.95 Å². The van der Waals surface area contributed by atoms with Gasteiger partial charge in [-0.3, -0.25) is 0 Å². The van der Waals surface area contributed by atoms with Crippen LogP contribution in [0.5, 0.6) is 0 Å². The number of aliphatic hydroxyl groups excluding tert-OH is 1. The van der Waals surface area contributed by atoms with E-state index in [1.807, 2.05) is 13.8 Å². The first-order valence-corrected chi connectivity index (χ1v) is 6.24. The highest BCUT2D eigenvalue weighted by Gasteiger charge is 2.21. The molecule has 5 nitrogen and oxygen atoms in total. The summed E-state index contributed by atoms with van der Waals surface area (Å²) < 4.78 is 0.